The van der Waals surface area contributed by atoms with Crippen molar-refractivity contribution in [3.63, 3.8) is 0 Å². The first-order valence-corrected chi connectivity index (χ1v) is 10.7. The monoisotopic (exact) mass is 445 g/mol. The van der Waals surface area contributed by atoms with Crippen molar-refractivity contribution < 1.29 is 23.8 Å². The van der Waals surface area contributed by atoms with Gasteiger partial charge in [0.05, 0.1) is 18.2 Å². The van der Waals surface area contributed by atoms with Crippen LogP contribution in [0.4, 0.5) is 5.69 Å². The van der Waals surface area contributed by atoms with Crippen LogP contribution in [0.2, 0.25) is 0 Å². The SMILES string of the molecule is COc1ccc(C(C)(C)C)cc1/C(O)=C1\C(=O)C(=O)N(c2ccccc2)C1c1ccc(C)o1. The number of hydrogen-bond acceptors (Lipinski definition) is 5. The maximum Gasteiger partial charge on any atom is 0.300 e. The molecule has 0 bridgehead atoms. The van der Waals surface area contributed by atoms with Crippen molar-refractivity contribution in [1.82, 2.24) is 0 Å². The van der Waals surface area contributed by atoms with Crippen LogP contribution in [-0.2, 0) is 15.0 Å². The van der Waals surface area contributed by atoms with Crippen LogP contribution in [0.25, 0.3) is 5.76 Å². The molecule has 1 unspecified atom stereocenters. The van der Waals surface area contributed by atoms with Gasteiger partial charge < -0.3 is 14.3 Å². The summed E-state index contributed by atoms with van der Waals surface area (Å²) >= 11 is 0. The van der Waals surface area contributed by atoms with Gasteiger partial charge in [-0.3, -0.25) is 14.5 Å². The minimum Gasteiger partial charge on any atom is -0.507 e. The Hall–Kier alpha value is -3.80. The lowest BCUT2D eigenvalue weighted by Crippen LogP contribution is -2.29. The van der Waals surface area contributed by atoms with E-state index in [1.54, 1.807) is 55.5 Å². The molecule has 6 nitrogen and oxygen atoms in total. The summed E-state index contributed by atoms with van der Waals surface area (Å²) in [6.07, 6.45) is 0. The number of hydrogen-bond donors (Lipinski definition) is 1. The minimum absolute atomic E-state index is 0.0393. The molecule has 0 spiro atoms. The standard InChI is InChI=1S/C27H27NO5/c1-16-11-13-21(33-16)23-22(25(30)26(31)28(23)18-9-7-6-8-10-18)24(29)19-15-17(27(2,3)4)12-14-20(19)32-5/h6-15,23,29H,1-5H3/b24-22+. The van der Waals surface area contributed by atoms with E-state index in [0.717, 1.165) is 5.56 Å². The van der Waals surface area contributed by atoms with Gasteiger partial charge in [0.1, 0.15) is 29.1 Å². The van der Waals surface area contributed by atoms with E-state index in [4.69, 9.17) is 9.15 Å². The molecular weight excluding hydrogens is 418 g/mol. The number of carbonyl (C=O) groups excluding carboxylic acids is 2. The largest absolute Gasteiger partial charge is 0.507 e. The Morgan fingerprint density at radius 2 is 1.73 bits per heavy atom. The average Bonchev–Trinajstić information content (AvgIpc) is 3.33. The highest BCUT2D eigenvalue weighted by atomic mass is 16.5. The number of furan rings is 1. The number of ether oxygens (including phenoxy) is 1. The second-order valence-electron chi connectivity index (χ2n) is 9.12. The molecule has 0 saturated carbocycles. The van der Waals surface area contributed by atoms with Crippen molar-refractivity contribution in [1.29, 1.82) is 0 Å². The van der Waals surface area contributed by atoms with E-state index in [9.17, 15) is 14.7 Å². The first kappa shape index (κ1) is 22.4. The molecule has 1 fully saturated rings. The molecule has 1 aliphatic rings. The maximum atomic E-state index is 13.3. The van der Waals surface area contributed by atoms with Crippen molar-refractivity contribution in [2.24, 2.45) is 0 Å². The van der Waals surface area contributed by atoms with Gasteiger partial charge in [-0.1, -0.05) is 45.0 Å². The predicted molar refractivity (Wildman–Crippen MR) is 126 cm³/mol. The molecule has 0 aliphatic carbocycles. The number of nitrogens with zero attached hydrogens (tertiary/aromatic N) is 1. The van der Waals surface area contributed by atoms with E-state index in [1.807, 2.05) is 12.1 Å². The van der Waals surface area contributed by atoms with Crippen molar-refractivity contribution in [3.8, 4) is 5.75 Å². The van der Waals surface area contributed by atoms with Gasteiger partial charge in [-0.05, 0) is 54.3 Å². The van der Waals surface area contributed by atoms with Gasteiger partial charge in [0.2, 0.25) is 0 Å². The van der Waals surface area contributed by atoms with Crippen LogP contribution in [0.3, 0.4) is 0 Å². The van der Waals surface area contributed by atoms with E-state index < -0.39 is 17.7 Å². The van der Waals surface area contributed by atoms with Gasteiger partial charge in [0.15, 0.2) is 0 Å². The summed E-state index contributed by atoms with van der Waals surface area (Å²) in [6, 6.07) is 16.9. The summed E-state index contributed by atoms with van der Waals surface area (Å²) in [4.78, 5) is 27.8. The highest BCUT2D eigenvalue weighted by molar-refractivity contribution is 6.51. The fourth-order valence-electron chi connectivity index (χ4n) is 4.06. The fourth-order valence-corrected chi connectivity index (χ4v) is 4.06. The Bertz CT molecular complexity index is 1250. The third-order valence-corrected chi connectivity index (χ3v) is 5.83. The number of ketones is 1. The number of benzene rings is 2. The number of aryl methyl sites for hydroxylation is 1. The molecule has 1 aliphatic heterocycles. The Morgan fingerprint density at radius 3 is 2.30 bits per heavy atom. The van der Waals surface area contributed by atoms with Gasteiger partial charge in [0.25, 0.3) is 11.7 Å². The van der Waals surface area contributed by atoms with Crippen molar-refractivity contribution in [3.05, 3.63) is 88.9 Å². The van der Waals surface area contributed by atoms with Gasteiger partial charge in [-0.15, -0.1) is 0 Å². The Kier molecular flexibility index (Phi) is 5.62. The summed E-state index contributed by atoms with van der Waals surface area (Å²) in [5, 5.41) is 11.5. The number of aliphatic hydroxyl groups is 1. The van der Waals surface area contributed by atoms with Crippen LogP contribution >= 0.6 is 0 Å². The molecule has 1 N–H and O–H groups in total. The summed E-state index contributed by atoms with van der Waals surface area (Å²) in [7, 11) is 1.50. The molecule has 1 aromatic heterocycles. The van der Waals surface area contributed by atoms with Gasteiger partial charge in [-0.2, -0.15) is 0 Å². The number of rotatable bonds is 4. The molecule has 1 saturated heterocycles. The van der Waals surface area contributed by atoms with E-state index >= 15 is 0 Å². The average molecular weight is 446 g/mol. The molecule has 0 radical (unpaired) electrons. The number of Topliss-reactive ketones (excluding diaryl/α,β-unsaturated/α-hetero) is 1. The summed E-state index contributed by atoms with van der Waals surface area (Å²) in [5.41, 5.74) is 1.60. The lowest BCUT2D eigenvalue weighted by Gasteiger charge is -2.24. The summed E-state index contributed by atoms with van der Waals surface area (Å²) in [5.74, 6) is -0.375. The zero-order valence-electron chi connectivity index (χ0n) is 19.4. The molecule has 170 valence electrons. The van der Waals surface area contributed by atoms with E-state index in [2.05, 4.69) is 20.8 Å². The molecule has 2 heterocycles. The fraction of sp³-hybridized carbons (Fsp3) is 0.259. The maximum absolute atomic E-state index is 13.3. The lowest BCUT2D eigenvalue weighted by atomic mass is 9.85. The number of aliphatic hydroxyl groups excluding tert-OH is 1. The van der Waals surface area contributed by atoms with Crippen LogP contribution in [0.15, 0.2) is 70.7 Å². The number of methoxy groups -OCH3 is 1. The molecular formula is C27H27NO5. The molecule has 2 aromatic carbocycles. The number of amides is 1. The first-order valence-electron chi connectivity index (χ1n) is 10.7. The van der Waals surface area contributed by atoms with Crippen molar-refractivity contribution in [2.75, 3.05) is 12.0 Å². The zero-order chi connectivity index (χ0) is 23.9. The topological polar surface area (TPSA) is 80.0 Å². The Labute approximate surface area is 193 Å². The van der Waals surface area contributed by atoms with Gasteiger partial charge >= 0.3 is 0 Å². The number of para-hydroxylation sites is 1. The minimum atomic E-state index is -0.913. The van der Waals surface area contributed by atoms with E-state index in [-0.39, 0.29) is 16.7 Å². The normalized spacial score (nSPS) is 18.1. The van der Waals surface area contributed by atoms with Gasteiger partial charge in [0, 0.05) is 5.69 Å². The third kappa shape index (κ3) is 3.93. The highest BCUT2D eigenvalue weighted by Gasteiger charge is 2.48. The molecule has 1 amide bonds. The molecule has 3 aromatic rings. The van der Waals surface area contributed by atoms with Crippen LogP contribution in [0.1, 0.15) is 49.5 Å². The van der Waals surface area contributed by atoms with Crippen molar-refractivity contribution >= 4 is 23.1 Å². The zero-order valence-corrected chi connectivity index (χ0v) is 19.4. The second kappa shape index (κ2) is 8.28. The lowest BCUT2D eigenvalue weighted by molar-refractivity contribution is -0.132. The molecule has 1 atom stereocenters. The van der Waals surface area contributed by atoms with Crippen LogP contribution < -0.4 is 9.64 Å². The number of carbonyl (C=O) groups is 2. The predicted octanol–water partition coefficient (Wildman–Crippen LogP) is 5.52. The second-order valence-corrected chi connectivity index (χ2v) is 9.12. The van der Waals surface area contributed by atoms with Crippen LogP contribution in [0.5, 0.6) is 5.75 Å². The Morgan fingerprint density at radius 1 is 1.03 bits per heavy atom. The van der Waals surface area contributed by atoms with Crippen molar-refractivity contribution in [2.45, 2.75) is 39.2 Å². The molecule has 4 rings (SSSR count). The quantitative estimate of drug-likeness (QED) is 0.325. The third-order valence-electron chi connectivity index (χ3n) is 5.83. The van der Waals surface area contributed by atoms with Crippen LogP contribution in [-0.4, -0.2) is 23.9 Å². The highest BCUT2D eigenvalue weighted by Crippen LogP contribution is 2.44. The van der Waals surface area contributed by atoms with Crippen LogP contribution in [0, 0.1) is 6.92 Å². The number of anilines is 1. The Balaban J connectivity index is 1.98. The first-order chi connectivity index (χ1) is 15.6. The van der Waals surface area contributed by atoms with E-state index in [1.165, 1.54) is 12.0 Å². The smallest absolute Gasteiger partial charge is 0.300 e. The molecule has 33 heavy (non-hydrogen) atoms. The molecule has 6 heteroatoms. The summed E-state index contributed by atoms with van der Waals surface area (Å²) < 4.78 is 11.3. The summed E-state index contributed by atoms with van der Waals surface area (Å²) in [6.45, 7) is 7.95. The van der Waals surface area contributed by atoms with E-state index in [0.29, 0.717) is 28.5 Å². The van der Waals surface area contributed by atoms with Gasteiger partial charge in [-0.25, -0.2) is 0 Å².